The van der Waals surface area contributed by atoms with Gasteiger partial charge >= 0.3 is 0 Å². The van der Waals surface area contributed by atoms with Gasteiger partial charge in [-0.3, -0.25) is 4.79 Å². The first-order valence-corrected chi connectivity index (χ1v) is 6.53. The normalized spacial score (nSPS) is 23.0. The summed E-state index contributed by atoms with van der Waals surface area (Å²) < 4.78 is 0.971. The van der Waals surface area contributed by atoms with E-state index < -0.39 is 0 Å². The van der Waals surface area contributed by atoms with Gasteiger partial charge in [-0.05, 0) is 37.0 Å². The van der Waals surface area contributed by atoms with E-state index in [-0.39, 0.29) is 6.10 Å². The lowest BCUT2D eigenvalue weighted by Crippen LogP contribution is -2.37. The SMILES string of the molecule is CN(CC1CC(O)C1)c1cc(Br)ccc1C=O. The molecule has 1 saturated carbocycles. The molecule has 0 aromatic heterocycles. The molecule has 4 heteroatoms. The summed E-state index contributed by atoms with van der Waals surface area (Å²) in [5, 5.41) is 9.26. The maximum atomic E-state index is 11.0. The van der Waals surface area contributed by atoms with Crippen molar-refractivity contribution >= 4 is 27.9 Å². The number of carbonyl (C=O) groups excluding carboxylic acids is 1. The highest BCUT2D eigenvalue weighted by Crippen LogP contribution is 2.30. The Morgan fingerprint density at radius 3 is 2.82 bits per heavy atom. The van der Waals surface area contributed by atoms with E-state index in [9.17, 15) is 9.90 Å². The second kappa shape index (κ2) is 5.19. The van der Waals surface area contributed by atoms with Crippen LogP contribution < -0.4 is 4.90 Å². The molecule has 0 radical (unpaired) electrons. The van der Waals surface area contributed by atoms with Crippen LogP contribution >= 0.6 is 15.9 Å². The van der Waals surface area contributed by atoms with Crippen molar-refractivity contribution < 1.29 is 9.90 Å². The van der Waals surface area contributed by atoms with Crippen molar-refractivity contribution in [1.82, 2.24) is 0 Å². The van der Waals surface area contributed by atoms with Crippen LogP contribution in [0.2, 0.25) is 0 Å². The highest BCUT2D eigenvalue weighted by molar-refractivity contribution is 9.10. The molecule has 2 rings (SSSR count). The van der Waals surface area contributed by atoms with Crippen molar-refractivity contribution in [1.29, 1.82) is 0 Å². The van der Waals surface area contributed by atoms with Crippen molar-refractivity contribution in [3.8, 4) is 0 Å². The van der Waals surface area contributed by atoms with Crippen molar-refractivity contribution in [3.05, 3.63) is 28.2 Å². The monoisotopic (exact) mass is 297 g/mol. The number of carbonyl (C=O) groups is 1. The molecule has 0 unspecified atom stereocenters. The Morgan fingerprint density at radius 1 is 1.53 bits per heavy atom. The van der Waals surface area contributed by atoms with Gasteiger partial charge in [0, 0.05) is 29.3 Å². The molecule has 0 saturated heterocycles. The first-order valence-electron chi connectivity index (χ1n) is 5.74. The number of rotatable bonds is 4. The average Bonchev–Trinajstić information content (AvgIpc) is 2.27. The van der Waals surface area contributed by atoms with Gasteiger partial charge in [-0.1, -0.05) is 15.9 Å². The van der Waals surface area contributed by atoms with E-state index >= 15 is 0 Å². The molecular weight excluding hydrogens is 282 g/mol. The lowest BCUT2D eigenvalue weighted by molar-refractivity contribution is 0.0464. The second-order valence-electron chi connectivity index (χ2n) is 4.69. The van der Waals surface area contributed by atoms with Crippen LogP contribution in [-0.2, 0) is 0 Å². The number of benzene rings is 1. The zero-order valence-corrected chi connectivity index (χ0v) is 11.4. The minimum Gasteiger partial charge on any atom is -0.393 e. The number of halogens is 1. The number of anilines is 1. The summed E-state index contributed by atoms with van der Waals surface area (Å²) in [5.41, 5.74) is 1.64. The third kappa shape index (κ3) is 2.87. The largest absolute Gasteiger partial charge is 0.393 e. The van der Waals surface area contributed by atoms with Gasteiger partial charge in [0.25, 0.3) is 0 Å². The molecule has 1 aromatic rings. The molecule has 0 amide bonds. The van der Waals surface area contributed by atoms with Gasteiger partial charge < -0.3 is 10.0 Å². The van der Waals surface area contributed by atoms with E-state index in [4.69, 9.17) is 0 Å². The fourth-order valence-corrected chi connectivity index (χ4v) is 2.63. The highest BCUT2D eigenvalue weighted by atomic mass is 79.9. The quantitative estimate of drug-likeness (QED) is 0.868. The number of nitrogens with zero attached hydrogens (tertiary/aromatic N) is 1. The second-order valence-corrected chi connectivity index (χ2v) is 5.61. The summed E-state index contributed by atoms with van der Waals surface area (Å²) in [7, 11) is 1.99. The summed E-state index contributed by atoms with van der Waals surface area (Å²) in [6.45, 7) is 0.883. The molecule has 1 fully saturated rings. The molecule has 1 aliphatic carbocycles. The van der Waals surface area contributed by atoms with Crippen LogP contribution in [0.3, 0.4) is 0 Å². The molecule has 0 heterocycles. The Morgan fingerprint density at radius 2 is 2.24 bits per heavy atom. The van der Waals surface area contributed by atoms with Gasteiger partial charge in [0.2, 0.25) is 0 Å². The molecule has 17 heavy (non-hydrogen) atoms. The summed E-state index contributed by atoms with van der Waals surface area (Å²) in [6, 6.07) is 5.64. The summed E-state index contributed by atoms with van der Waals surface area (Å²) in [6.07, 6.45) is 2.50. The molecule has 0 spiro atoms. The molecule has 92 valence electrons. The van der Waals surface area contributed by atoms with E-state index in [1.54, 1.807) is 0 Å². The average molecular weight is 298 g/mol. The Kier molecular flexibility index (Phi) is 3.84. The molecular formula is C13H16BrNO2. The highest BCUT2D eigenvalue weighted by Gasteiger charge is 2.28. The van der Waals surface area contributed by atoms with Crippen LogP contribution in [-0.4, -0.2) is 31.1 Å². The maximum Gasteiger partial charge on any atom is 0.152 e. The zero-order valence-electron chi connectivity index (χ0n) is 9.77. The molecule has 3 nitrogen and oxygen atoms in total. The van der Waals surface area contributed by atoms with Gasteiger partial charge in [0.1, 0.15) is 0 Å². The minimum absolute atomic E-state index is 0.124. The van der Waals surface area contributed by atoms with Gasteiger partial charge in [-0.15, -0.1) is 0 Å². The number of hydrogen-bond acceptors (Lipinski definition) is 3. The predicted molar refractivity (Wildman–Crippen MR) is 71.5 cm³/mol. The fraction of sp³-hybridized carbons (Fsp3) is 0.462. The van der Waals surface area contributed by atoms with Crippen LogP contribution in [0.25, 0.3) is 0 Å². The molecule has 1 aliphatic rings. The van der Waals surface area contributed by atoms with Crippen LogP contribution in [0.4, 0.5) is 5.69 Å². The van der Waals surface area contributed by atoms with Crippen molar-refractivity contribution in [2.45, 2.75) is 18.9 Å². The lowest BCUT2D eigenvalue weighted by atomic mass is 9.82. The van der Waals surface area contributed by atoms with Crippen molar-refractivity contribution in [2.24, 2.45) is 5.92 Å². The Bertz CT molecular complexity index is 416. The number of aldehydes is 1. The lowest BCUT2D eigenvalue weighted by Gasteiger charge is -2.35. The summed E-state index contributed by atoms with van der Waals surface area (Å²) in [5.74, 6) is 0.536. The van der Waals surface area contributed by atoms with E-state index in [1.807, 2.05) is 25.2 Å². The van der Waals surface area contributed by atoms with Crippen LogP contribution in [0, 0.1) is 5.92 Å². The molecule has 0 atom stereocenters. The van der Waals surface area contributed by atoms with E-state index in [1.165, 1.54) is 0 Å². The molecule has 1 N–H and O–H groups in total. The Hall–Kier alpha value is -0.870. The topological polar surface area (TPSA) is 40.5 Å². The maximum absolute atomic E-state index is 11.0. The third-order valence-corrected chi connectivity index (χ3v) is 3.77. The zero-order chi connectivity index (χ0) is 12.4. The minimum atomic E-state index is -0.124. The van der Waals surface area contributed by atoms with Gasteiger partial charge in [-0.25, -0.2) is 0 Å². The third-order valence-electron chi connectivity index (χ3n) is 3.27. The van der Waals surface area contributed by atoms with Gasteiger partial charge in [0.05, 0.1) is 6.10 Å². The first kappa shape index (κ1) is 12.6. The standard InChI is InChI=1S/C13H16BrNO2/c1-15(7-9-4-12(17)5-9)13-6-11(14)3-2-10(13)8-16/h2-3,6,8-9,12,17H,4-5,7H2,1H3. The summed E-state index contributed by atoms with van der Waals surface area (Å²) >= 11 is 3.42. The first-order chi connectivity index (χ1) is 8.10. The van der Waals surface area contributed by atoms with Crippen LogP contribution in [0.15, 0.2) is 22.7 Å². The van der Waals surface area contributed by atoms with E-state index in [0.29, 0.717) is 11.5 Å². The predicted octanol–water partition coefficient (Wildman–Crippen LogP) is 2.47. The number of aliphatic hydroxyl groups excluding tert-OH is 1. The van der Waals surface area contributed by atoms with Gasteiger partial charge in [-0.2, -0.15) is 0 Å². The van der Waals surface area contributed by atoms with Gasteiger partial charge in [0.15, 0.2) is 6.29 Å². The van der Waals surface area contributed by atoms with Crippen molar-refractivity contribution in [3.63, 3.8) is 0 Å². The molecule has 0 aliphatic heterocycles. The summed E-state index contributed by atoms with van der Waals surface area (Å²) in [4.78, 5) is 13.1. The van der Waals surface area contributed by atoms with Crippen LogP contribution in [0.5, 0.6) is 0 Å². The van der Waals surface area contributed by atoms with E-state index in [0.717, 1.165) is 35.8 Å². The molecule has 1 aromatic carbocycles. The molecule has 0 bridgehead atoms. The Labute approximate surface area is 110 Å². The van der Waals surface area contributed by atoms with Crippen molar-refractivity contribution in [2.75, 3.05) is 18.5 Å². The number of aliphatic hydroxyl groups is 1. The Balaban J connectivity index is 2.09. The fourth-order valence-electron chi connectivity index (χ4n) is 2.28. The van der Waals surface area contributed by atoms with Crippen LogP contribution in [0.1, 0.15) is 23.2 Å². The smallest absolute Gasteiger partial charge is 0.152 e. The van der Waals surface area contributed by atoms with E-state index in [2.05, 4.69) is 20.8 Å². The number of hydrogen-bond donors (Lipinski definition) is 1.